The third-order valence-corrected chi connectivity index (χ3v) is 2.79. The molecule has 0 saturated carbocycles. The van der Waals surface area contributed by atoms with Crippen LogP contribution in [0.1, 0.15) is 11.7 Å². The molecule has 0 unspecified atom stereocenters. The number of aliphatic hydroxyl groups excluding tert-OH is 1. The fourth-order valence-corrected chi connectivity index (χ4v) is 1.82. The van der Waals surface area contributed by atoms with Crippen LogP contribution in [0.25, 0.3) is 0 Å². The molecule has 3 nitrogen and oxygen atoms in total. The third-order valence-electron chi connectivity index (χ3n) is 2.79. The number of β-amino-alcohol motifs (C(OH)–C–C–N with tert-alkyl or cyclic N) is 1. The molecule has 1 aliphatic heterocycles. The first-order valence-electron chi connectivity index (χ1n) is 5.49. The lowest BCUT2D eigenvalue weighted by atomic mass is 10.1. The van der Waals surface area contributed by atoms with E-state index in [1.165, 1.54) is 12.1 Å². The Morgan fingerprint density at radius 3 is 2.50 bits per heavy atom. The Hall–Kier alpha value is -0.970. The molecule has 1 heterocycles. The molecule has 2 rings (SSSR count). The van der Waals surface area contributed by atoms with Gasteiger partial charge in [0, 0.05) is 19.6 Å². The second-order valence-corrected chi connectivity index (χ2v) is 3.98. The smallest absolute Gasteiger partial charge is 0.123 e. The van der Waals surface area contributed by atoms with Gasteiger partial charge in [-0.2, -0.15) is 0 Å². The van der Waals surface area contributed by atoms with Crippen molar-refractivity contribution in [1.82, 2.24) is 4.90 Å². The lowest BCUT2D eigenvalue weighted by Gasteiger charge is -2.28. The van der Waals surface area contributed by atoms with E-state index in [9.17, 15) is 9.50 Å². The maximum Gasteiger partial charge on any atom is 0.123 e. The van der Waals surface area contributed by atoms with Gasteiger partial charge in [-0.15, -0.1) is 0 Å². The summed E-state index contributed by atoms with van der Waals surface area (Å²) in [5, 5.41) is 9.96. The number of rotatable bonds is 3. The molecule has 1 fully saturated rings. The van der Waals surface area contributed by atoms with Gasteiger partial charge in [0.1, 0.15) is 5.82 Å². The Labute approximate surface area is 94.4 Å². The molecule has 16 heavy (non-hydrogen) atoms. The Morgan fingerprint density at radius 1 is 1.25 bits per heavy atom. The highest BCUT2D eigenvalue weighted by molar-refractivity contribution is 5.18. The standard InChI is InChI=1S/C12H16FNO2/c13-11-3-1-10(2-4-11)12(15)9-14-5-7-16-8-6-14/h1-4,12,15H,5-9H2/t12-/m1/s1. The fraction of sp³-hybridized carbons (Fsp3) is 0.500. The van der Waals surface area contributed by atoms with Gasteiger partial charge in [0.2, 0.25) is 0 Å². The van der Waals surface area contributed by atoms with Crippen molar-refractivity contribution in [3.8, 4) is 0 Å². The number of ether oxygens (including phenoxy) is 1. The summed E-state index contributed by atoms with van der Waals surface area (Å²) in [6.45, 7) is 3.71. The lowest BCUT2D eigenvalue weighted by Crippen LogP contribution is -2.38. The minimum atomic E-state index is -0.557. The highest BCUT2D eigenvalue weighted by Crippen LogP contribution is 2.15. The summed E-state index contributed by atoms with van der Waals surface area (Å²) in [6, 6.07) is 6.00. The number of nitrogens with zero attached hydrogens (tertiary/aromatic N) is 1. The van der Waals surface area contributed by atoms with Crippen molar-refractivity contribution in [2.24, 2.45) is 0 Å². The van der Waals surface area contributed by atoms with Gasteiger partial charge in [0.25, 0.3) is 0 Å². The van der Waals surface area contributed by atoms with E-state index in [4.69, 9.17) is 4.74 Å². The number of aliphatic hydroxyl groups is 1. The van der Waals surface area contributed by atoms with Crippen molar-refractivity contribution in [3.63, 3.8) is 0 Å². The molecule has 88 valence electrons. The molecule has 0 aromatic heterocycles. The van der Waals surface area contributed by atoms with Crippen LogP contribution in [-0.2, 0) is 4.74 Å². The molecule has 1 aromatic rings. The maximum absolute atomic E-state index is 12.7. The Balaban J connectivity index is 1.91. The Bertz CT molecular complexity index is 322. The molecule has 0 bridgehead atoms. The number of hydrogen-bond donors (Lipinski definition) is 1. The first kappa shape index (κ1) is 11.5. The third kappa shape index (κ3) is 3.01. The quantitative estimate of drug-likeness (QED) is 0.838. The Morgan fingerprint density at radius 2 is 1.88 bits per heavy atom. The van der Waals surface area contributed by atoms with Crippen LogP contribution in [0, 0.1) is 5.82 Å². The summed E-state index contributed by atoms with van der Waals surface area (Å²) in [6.07, 6.45) is -0.557. The number of halogens is 1. The highest BCUT2D eigenvalue weighted by atomic mass is 19.1. The summed E-state index contributed by atoms with van der Waals surface area (Å²) in [7, 11) is 0. The van der Waals surface area contributed by atoms with Crippen LogP contribution in [0.4, 0.5) is 4.39 Å². The van der Waals surface area contributed by atoms with E-state index in [2.05, 4.69) is 4.90 Å². The first-order valence-corrected chi connectivity index (χ1v) is 5.49. The van der Waals surface area contributed by atoms with Crippen LogP contribution >= 0.6 is 0 Å². The molecule has 0 radical (unpaired) electrons. The van der Waals surface area contributed by atoms with E-state index >= 15 is 0 Å². The van der Waals surface area contributed by atoms with E-state index in [0.717, 1.165) is 31.9 Å². The summed E-state index contributed by atoms with van der Waals surface area (Å²) in [5.74, 6) is -0.276. The van der Waals surface area contributed by atoms with Crippen molar-refractivity contribution >= 4 is 0 Å². The van der Waals surface area contributed by atoms with Crippen molar-refractivity contribution in [2.75, 3.05) is 32.8 Å². The van der Waals surface area contributed by atoms with Crippen molar-refractivity contribution in [1.29, 1.82) is 0 Å². The van der Waals surface area contributed by atoms with Gasteiger partial charge < -0.3 is 9.84 Å². The van der Waals surface area contributed by atoms with Crippen molar-refractivity contribution in [2.45, 2.75) is 6.10 Å². The number of benzene rings is 1. The van der Waals surface area contributed by atoms with E-state index in [-0.39, 0.29) is 5.82 Å². The minimum Gasteiger partial charge on any atom is -0.387 e. The van der Waals surface area contributed by atoms with Gasteiger partial charge >= 0.3 is 0 Å². The van der Waals surface area contributed by atoms with Gasteiger partial charge in [0.05, 0.1) is 19.3 Å². The summed E-state index contributed by atoms with van der Waals surface area (Å²) >= 11 is 0. The largest absolute Gasteiger partial charge is 0.387 e. The molecular formula is C12H16FNO2. The zero-order chi connectivity index (χ0) is 11.4. The van der Waals surface area contributed by atoms with Gasteiger partial charge in [-0.05, 0) is 17.7 Å². The predicted molar refractivity (Wildman–Crippen MR) is 58.6 cm³/mol. The number of hydrogen-bond acceptors (Lipinski definition) is 3. The average molecular weight is 225 g/mol. The van der Waals surface area contributed by atoms with E-state index < -0.39 is 6.10 Å². The van der Waals surface area contributed by atoms with Gasteiger partial charge in [-0.3, -0.25) is 4.90 Å². The molecule has 1 saturated heterocycles. The van der Waals surface area contributed by atoms with Crippen LogP contribution in [-0.4, -0.2) is 42.9 Å². The normalized spacial score (nSPS) is 19.6. The van der Waals surface area contributed by atoms with Crippen LogP contribution in [0.2, 0.25) is 0 Å². The first-order chi connectivity index (χ1) is 7.75. The Kier molecular flexibility index (Phi) is 3.88. The predicted octanol–water partition coefficient (Wildman–Crippen LogP) is 1.19. The van der Waals surface area contributed by atoms with Gasteiger partial charge in [0.15, 0.2) is 0 Å². The van der Waals surface area contributed by atoms with Crippen LogP contribution in [0.5, 0.6) is 0 Å². The summed E-state index contributed by atoms with van der Waals surface area (Å²) in [5.41, 5.74) is 0.757. The topological polar surface area (TPSA) is 32.7 Å². The maximum atomic E-state index is 12.7. The monoisotopic (exact) mass is 225 g/mol. The van der Waals surface area contributed by atoms with Gasteiger partial charge in [-0.25, -0.2) is 4.39 Å². The fourth-order valence-electron chi connectivity index (χ4n) is 1.82. The average Bonchev–Trinajstić information content (AvgIpc) is 2.31. The molecule has 1 N–H and O–H groups in total. The molecule has 0 amide bonds. The molecule has 1 aromatic carbocycles. The second kappa shape index (κ2) is 5.39. The van der Waals surface area contributed by atoms with E-state index in [1.807, 2.05) is 0 Å². The molecule has 1 atom stereocenters. The zero-order valence-electron chi connectivity index (χ0n) is 9.10. The van der Waals surface area contributed by atoms with E-state index in [0.29, 0.717) is 6.54 Å². The molecule has 1 aliphatic rings. The SMILES string of the molecule is O[C@H](CN1CCOCC1)c1ccc(F)cc1. The lowest BCUT2D eigenvalue weighted by molar-refractivity contribution is 0.0143. The van der Waals surface area contributed by atoms with Gasteiger partial charge in [-0.1, -0.05) is 12.1 Å². The molecule has 0 spiro atoms. The summed E-state index contributed by atoms with van der Waals surface area (Å²) < 4.78 is 17.9. The molecule has 0 aliphatic carbocycles. The van der Waals surface area contributed by atoms with E-state index in [1.54, 1.807) is 12.1 Å². The van der Waals surface area contributed by atoms with Crippen LogP contribution < -0.4 is 0 Å². The molecule has 4 heteroatoms. The molecular weight excluding hydrogens is 209 g/mol. The number of morpholine rings is 1. The second-order valence-electron chi connectivity index (χ2n) is 3.98. The zero-order valence-corrected chi connectivity index (χ0v) is 9.10. The summed E-state index contributed by atoms with van der Waals surface area (Å²) in [4.78, 5) is 2.15. The van der Waals surface area contributed by atoms with Crippen molar-refractivity contribution in [3.05, 3.63) is 35.6 Å². The van der Waals surface area contributed by atoms with Crippen LogP contribution in [0.3, 0.4) is 0 Å². The minimum absolute atomic E-state index is 0.276. The van der Waals surface area contributed by atoms with Crippen LogP contribution in [0.15, 0.2) is 24.3 Å². The highest BCUT2D eigenvalue weighted by Gasteiger charge is 2.15. The van der Waals surface area contributed by atoms with Crippen molar-refractivity contribution < 1.29 is 14.2 Å².